The molecule has 0 fully saturated rings. The van der Waals surface area contributed by atoms with Crippen LogP contribution in [0, 0.1) is 13.8 Å². The molecule has 0 saturated heterocycles. The molecular weight excluding hydrogens is 2280 g/mol. The summed E-state index contributed by atoms with van der Waals surface area (Å²) in [5, 5.41) is 101. The zero-order valence-electron chi connectivity index (χ0n) is 77.6. The fraction of sp³-hybridized carbons (Fsp3) is 0.0161. The van der Waals surface area contributed by atoms with Crippen molar-refractivity contribution in [2.24, 2.45) is 0 Å². The molecule has 0 unspecified atom stereocenters. The Morgan fingerprint density at radius 3 is 0.795 bits per heavy atom. The van der Waals surface area contributed by atoms with E-state index < -0.39 is 0 Å². The molecule has 16 aromatic carbocycles. The van der Waals surface area contributed by atoms with Gasteiger partial charge >= 0.3 is 0 Å². The van der Waals surface area contributed by atoms with Crippen molar-refractivity contribution in [2.45, 2.75) is 13.8 Å². The van der Waals surface area contributed by atoms with Crippen molar-refractivity contribution in [2.75, 3.05) is 0 Å². The molecule has 32 bridgehead atoms. The minimum atomic E-state index is 0. The first-order valence-electron chi connectivity index (χ1n) is 46.5. The number of fused-ring (bicyclic) bond motifs is 58. The van der Waals surface area contributed by atoms with Gasteiger partial charge in [0.15, 0.2) is 23.1 Å². The van der Waals surface area contributed by atoms with Crippen LogP contribution in [0.25, 0.3) is 268 Å². The minimum Gasteiger partial charge on any atom is -0.507 e. The van der Waals surface area contributed by atoms with Crippen LogP contribution in [0.15, 0.2) is 364 Å². The molecule has 8 aliphatic rings. The quantitative estimate of drug-likeness (QED) is 0.0746. The van der Waals surface area contributed by atoms with E-state index >= 15 is 0 Å². The summed E-state index contributed by atoms with van der Waals surface area (Å²) in [7, 11) is 0. The van der Waals surface area contributed by atoms with Gasteiger partial charge in [0, 0.05) is 232 Å². The molecule has 0 saturated carbocycles. The van der Waals surface area contributed by atoms with Gasteiger partial charge in [-0.25, -0.2) is 49.8 Å². The number of para-hydroxylation sites is 8. The summed E-state index contributed by atoms with van der Waals surface area (Å²) in [5.74, 6) is 2.03. The standard InChI is InChI=1S/C34H22N2O2.C32H22N2O2.C30H18N2O2.C28H16N4O2.Cu.2Pt.Zn/c37-33-23-13-7-15-25(33)31(21-9-3-1-4-10-21)29-19-17-27(35-29)24-14-8-16-26(34(24)38)32(22-11-5-2-6-12-22)30-20-18-28(23)36-30;1-17-19-13-7-15-25(31(19)35)30-24-12-6-4-10-22(24)28(34-30)18(2)20-14-8-16-26(32(20)36)29-23-11-5-3-9-21(23)27(17)33-29;33-29-17-7-5-14-24(29)28-22-12-4-2-10-20(22)26(32-28)16-18-8-6-13-23(30(18)34)27-21-11-3-1-9-19(21)25(15-17)31-27;33-25-19-11-5-13-21(25)30-28-18-10-4-2-8-16(18)24(32-28)20-12-6-14-22(26(20)34)29-27-17-9-3-1-7-15(17)23(19)31-27;;;;/h1-20,37-38H;3-16,35-36H,1-2H3;1-16,33-34H;1-14,33-34H;;;;. The third kappa shape index (κ3) is 16.0. The smallest absolute Gasteiger partial charge is 0.161 e. The minimum absolute atomic E-state index is 0. The summed E-state index contributed by atoms with van der Waals surface area (Å²) in [4.78, 5) is 48.9. The van der Waals surface area contributed by atoms with E-state index in [1.165, 1.54) is 0 Å². The molecule has 20 aromatic rings. The van der Waals surface area contributed by atoms with Crippen LogP contribution >= 0.6 is 0 Å². The van der Waals surface area contributed by atoms with Crippen molar-refractivity contribution >= 4 is 111 Å². The van der Waals surface area contributed by atoms with Gasteiger partial charge in [0.05, 0.1) is 79.7 Å². The van der Waals surface area contributed by atoms with Crippen LogP contribution < -0.4 is 0 Å². The fourth-order valence-electron chi connectivity index (χ4n) is 20.5. The van der Waals surface area contributed by atoms with Crippen molar-refractivity contribution in [3.05, 3.63) is 398 Å². The van der Waals surface area contributed by atoms with Crippen molar-refractivity contribution in [3.63, 3.8) is 0 Å². The molecule has 8 aliphatic heterocycles. The van der Waals surface area contributed by atoms with E-state index in [-0.39, 0.29) is 125 Å². The fourth-order valence-corrected chi connectivity index (χ4v) is 20.5. The molecule has 12 heterocycles. The van der Waals surface area contributed by atoms with Gasteiger partial charge < -0.3 is 40.9 Å². The number of phenols is 8. The number of hydrogen-bond acceptors (Lipinski definition) is 18. The third-order valence-electron chi connectivity index (χ3n) is 27.4. The van der Waals surface area contributed by atoms with Crippen molar-refractivity contribution in [3.8, 4) is 204 Å². The molecule has 0 spiro atoms. The van der Waals surface area contributed by atoms with Crippen LogP contribution in [0.1, 0.15) is 33.9 Å². The SMILES string of the molecule is Cc1c2nc(c3cccc(c(C)c4nc(c5cccc1c5O)-c1ccccc1-4)c3O)-c1ccccc1-2.Oc1c2cccc1c(-c1ccccc1)c1nc(c3cccc(c(-c4ccccc4)c4nc2C=C4)c3O)C=C1.Oc1c2cccc1c1nc(cc3cccc(c4nc(c2)-c2ccccc2-4)c3O)-c2ccccc2-1.Oc1c2cccc1c1nc(nc3cccc(c4nc(n2)-c2ccccc2-4)c3O)-c2ccccc2-1.[Cu].[Pt].[Pt].[Zn]. The maximum Gasteiger partial charge on any atom is 0.161 e. The summed E-state index contributed by atoms with van der Waals surface area (Å²) in [6, 6.07) is 116. The van der Waals surface area contributed by atoms with Gasteiger partial charge in [0.25, 0.3) is 0 Å². The number of aromatic hydroxyl groups is 8. The second-order valence-corrected chi connectivity index (χ2v) is 35.5. The van der Waals surface area contributed by atoms with Gasteiger partial charge in [-0.2, -0.15) is 0 Å². The number of aromatic nitrogens is 10. The monoisotopic (exact) mass is 2350 g/mol. The molecule has 1 radical (unpaired) electrons. The topological polar surface area (TPSA) is 291 Å². The summed E-state index contributed by atoms with van der Waals surface area (Å²) in [6.45, 7) is 3.97. The van der Waals surface area contributed by atoms with E-state index in [1.54, 1.807) is 12.1 Å². The summed E-state index contributed by atoms with van der Waals surface area (Å²) < 4.78 is 0. The van der Waals surface area contributed by atoms with Gasteiger partial charge in [-0.3, -0.25) is 0 Å². The molecule has 0 amide bonds. The van der Waals surface area contributed by atoms with Crippen LogP contribution in [0.4, 0.5) is 0 Å². The predicted molar refractivity (Wildman–Crippen MR) is 568 cm³/mol. The summed E-state index contributed by atoms with van der Waals surface area (Å²) >= 11 is 0. The molecule has 0 aliphatic carbocycles. The zero-order valence-corrected chi connectivity index (χ0v) is 86.1. The van der Waals surface area contributed by atoms with E-state index in [1.807, 2.05) is 390 Å². The molecule has 0 atom stereocenters. The first kappa shape index (κ1) is 95.3. The zero-order chi connectivity index (χ0) is 95.8. The van der Waals surface area contributed by atoms with Crippen LogP contribution in [-0.2, 0) is 78.7 Å². The molecule has 4 aromatic heterocycles. The van der Waals surface area contributed by atoms with Crippen LogP contribution in [-0.4, -0.2) is 90.7 Å². The molecule has 22 heteroatoms. The largest absolute Gasteiger partial charge is 0.507 e. The van der Waals surface area contributed by atoms with Crippen LogP contribution in [0.2, 0.25) is 0 Å². The van der Waals surface area contributed by atoms with Crippen LogP contribution in [0.3, 0.4) is 0 Å². The Kier molecular flexibility index (Phi) is 25.3. The molecule has 28 rings (SSSR count). The molecule has 8 N–H and O–H groups in total. The Hall–Kier alpha value is -16.9. The maximum absolute atomic E-state index is 11.6. The van der Waals surface area contributed by atoms with Gasteiger partial charge in [-0.15, -0.1) is 0 Å². The first-order chi connectivity index (χ1) is 69.6. The van der Waals surface area contributed by atoms with Gasteiger partial charge in [0.1, 0.15) is 45.5 Å². The summed E-state index contributed by atoms with van der Waals surface area (Å²) in [6.07, 6.45) is 7.71. The van der Waals surface area contributed by atoms with Gasteiger partial charge in [0.2, 0.25) is 0 Å². The van der Waals surface area contributed by atoms with E-state index in [4.69, 9.17) is 49.8 Å². The van der Waals surface area contributed by atoms with E-state index in [0.29, 0.717) is 144 Å². The van der Waals surface area contributed by atoms with Gasteiger partial charge in [-0.05, 0) is 133 Å². The first-order valence-corrected chi connectivity index (χ1v) is 46.5. The van der Waals surface area contributed by atoms with Crippen molar-refractivity contribution in [1.29, 1.82) is 0 Å². The number of benzene rings is 16. The number of aryl methyl sites for hydroxylation is 2. The third-order valence-corrected chi connectivity index (χ3v) is 27.4. The normalized spacial score (nSPS) is 11.6. The number of rotatable bonds is 2. The van der Waals surface area contributed by atoms with E-state index in [2.05, 4.69) is 0 Å². The number of hydrogen-bond donors (Lipinski definition) is 8. The Labute approximate surface area is 887 Å². The molecule has 146 heavy (non-hydrogen) atoms. The van der Waals surface area contributed by atoms with Crippen molar-refractivity contribution in [1.82, 2.24) is 49.8 Å². The number of phenolic OH excluding ortho intramolecular Hbond substituents is 8. The second-order valence-electron chi connectivity index (χ2n) is 35.5. The van der Waals surface area contributed by atoms with E-state index in [0.717, 1.165) is 134 Å². The number of nitrogens with zero attached hydrogens (tertiary/aromatic N) is 10. The Morgan fingerprint density at radius 1 is 0.185 bits per heavy atom. The average molecular weight is 2360 g/mol. The Balaban J connectivity index is 0.000000113. The summed E-state index contributed by atoms with van der Waals surface area (Å²) in [5.41, 5.74) is 27.0. The molecule has 18 nitrogen and oxygen atoms in total. The Bertz CT molecular complexity index is 8810. The average Bonchev–Trinajstić information content (AvgIpc) is 1.57. The predicted octanol–water partition coefficient (Wildman–Crippen LogP) is 29.1. The second kappa shape index (κ2) is 38.7. The van der Waals surface area contributed by atoms with Crippen LogP contribution in [0.5, 0.6) is 46.0 Å². The van der Waals surface area contributed by atoms with Crippen molar-refractivity contribution < 1.29 is 120 Å². The molecule has 705 valence electrons. The maximum atomic E-state index is 11.6. The molecular formula is C124H78CuN10O8Pt2Zn. The Morgan fingerprint density at radius 2 is 0.432 bits per heavy atom. The van der Waals surface area contributed by atoms with Gasteiger partial charge in [-0.1, -0.05) is 291 Å². The van der Waals surface area contributed by atoms with E-state index in [9.17, 15) is 40.9 Å².